The summed E-state index contributed by atoms with van der Waals surface area (Å²) in [6, 6.07) is 17.8. The van der Waals surface area contributed by atoms with Gasteiger partial charge in [0.15, 0.2) is 0 Å². The average Bonchev–Trinajstić information content (AvgIpc) is 3.59. The second kappa shape index (κ2) is 7.39. The van der Waals surface area contributed by atoms with Gasteiger partial charge in [-0.2, -0.15) is 0 Å². The Morgan fingerprint density at radius 2 is 1.65 bits per heavy atom. The average molecular weight is 479 g/mol. The van der Waals surface area contributed by atoms with Crippen molar-refractivity contribution in [1.82, 2.24) is 13.7 Å². The molecule has 1 N–H and O–H groups in total. The van der Waals surface area contributed by atoms with Crippen LogP contribution in [0.4, 0.5) is 11.5 Å². The third-order valence-corrected chi connectivity index (χ3v) is 6.05. The van der Waals surface area contributed by atoms with Gasteiger partial charge in [0.25, 0.3) is 11.1 Å². The molecule has 0 aliphatic heterocycles. The van der Waals surface area contributed by atoms with Crippen LogP contribution in [0, 0.1) is 0 Å². The highest BCUT2D eigenvalue weighted by molar-refractivity contribution is 9.10. The van der Waals surface area contributed by atoms with Crippen LogP contribution < -0.4 is 22.1 Å². The van der Waals surface area contributed by atoms with E-state index in [2.05, 4.69) is 21.2 Å². The van der Waals surface area contributed by atoms with Gasteiger partial charge in [-0.05, 0) is 49.2 Å². The Morgan fingerprint density at radius 1 is 0.968 bits per heavy atom. The van der Waals surface area contributed by atoms with Gasteiger partial charge in [-0.3, -0.25) is 23.3 Å². The van der Waals surface area contributed by atoms with Crippen molar-refractivity contribution >= 4 is 38.3 Å². The van der Waals surface area contributed by atoms with Crippen LogP contribution in [-0.4, -0.2) is 13.7 Å². The third kappa shape index (κ3) is 3.33. The van der Waals surface area contributed by atoms with Gasteiger partial charge in [-0.15, -0.1) is 0 Å². The van der Waals surface area contributed by atoms with Crippen molar-refractivity contribution in [3.8, 4) is 5.69 Å². The SMILES string of the molecule is Cn1c(Nc2ccc(Br)cc2)c2c(=O)n(C3CC3)c(=O)n(-c3ccccc3)c2cc1=O. The lowest BCUT2D eigenvalue weighted by atomic mass is 10.2. The molecule has 2 heterocycles. The second-order valence-corrected chi connectivity index (χ2v) is 8.56. The minimum atomic E-state index is -0.422. The van der Waals surface area contributed by atoms with E-state index in [0.717, 1.165) is 23.0 Å². The Hall–Kier alpha value is -3.39. The molecular weight excluding hydrogens is 460 g/mol. The number of benzene rings is 2. The lowest BCUT2D eigenvalue weighted by molar-refractivity contribution is 0.644. The molecule has 7 nitrogen and oxygen atoms in total. The Labute approximate surface area is 185 Å². The highest BCUT2D eigenvalue weighted by Crippen LogP contribution is 2.33. The number of para-hydroxylation sites is 1. The van der Waals surface area contributed by atoms with E-state index in [9.17, 15) is 14.4 Å². The largest absolute Gasteiger partial charge is 0.341 e. The van der Waals surface area contributed by atoms with E-state index in [4.69, 9.17) is 0 Å². The monoisotopic (exact) mass is 478 g/mol. The van der Waals surface area contributed by atoms with E-state index in [1.807, 2.05) is 42.5 Å². The number of pyridine rings is 1. The fraction of sp³-hybridized carbons (Fsp3) is 0.174. The van der Waals surface area contributed by atoms with Gasteiger partial charge in [0.1, 0.15) is 11.2 Å². The van der Waals surface area contributed by atoms with Gasteiger partial charge < -0.3 is 5.32 Å². The van der Waals surface area contributed by atoms with Crippen LogP contribution >= 0.6 is 15.9 Å². The molecule has 2 aromatic carbocycles. The standard InChI is InChI=1S/C23H19BrN4O3/c1-26-19(29)13-18-20(21(26)25-15-9-7-14(24)8-10-15)22(30)28(17-11-12-17)23(31)27(18)16-5-3-2-4-6-16/h2-10,13,17,25H,11-12H2,1H3. The predicted molar refractivity (Wildman–Crippen MR) is 125 cm³/mol. The van der Waals surface area contributed by atoms with Crippen molar-refractivity contribution < 1.29 is 0 Å². The molecule has 1 saturated carbocycles. The van der Waals surface area contributed by atoms with E-state index in [0.29, 0.717) is 22.4 Å². The molecule has 0 unspecified atom stereocenters. The fourth-order valence-corrected chi connectivity index (χ4v) is 4.05. The number of anilines is 2. The van der Waals surface area contributed by atoms with E-state index >= 15 is 0 Å². The summed E-state index contributed by atoms with van der Waals surface area (Å²) in [5.74, 6) is 0.355. The van der Waals surface area contributed by atoms with E-state index in [-0.39, 0.29) is 17.2 Å². The lowest BCUT2D eigenvalue weighted by Crippen LogP contribution is -2.40. The number of fused-ring (bicyclic) bond motifs is 1. The molecule has 1 aliphatic rings. The maximum atomic E-state index is 13.5. The number of aromatic nitrogens is 3. The number of hydrogen-bond acceptors (Lipinski definition) is 4. The van der Waals surface area contributed by atoms with Gasteiger partial charge in [-0.25, -0.2) is 4.79 Å². The molecule has 0 bridgehead atoms. The summed E-state index contributed by atoms with van der Waals surface area (Å²) in [6.45, 7) is 0. The number of hydrogen-bond donors (Lipinski definition) is 1. The molecule has 8 heteroatoms. The van der Waals surface area contributed by atoms with Crippen LogP contribution in [-0.2, 0) is 7.05 Å². The smallest absolute Gasteiger partial charge is 0.336 e. The van der Waals surface area contributed by atoms with Crippen molar-refractivity contribution in [2.24, 2.45) is 7.05 Å². The molecule has 0 radical (unpaired) electrons. The summed E-state index contributed by atoms with van der Waals surface area (Å²) in [4.78, 5) is 39.7. The van der Waals surface area contributed by atoms with Crippen molar-refractivity contribution in [3.05, 3.63) is 96.3 Å². The van der Waals surface area contributed by atoms with E-state index < -0.39 is 5.69 Å². The molecule has 2 aromatic heterocycles. The zero-order valence-corrected chi connectivity index (χ0v) is 18.3. The highest BCUT2D eigenvalue weighted by Gasteiger charge is 2.30. The Morgan fingerprint density at radius 3 is 2.29 bits per heavy atom. The van der Waals surface area contributed by atoms with Crippen molar-refractivity contribution in [3.63, 3.8) is 0 Å². The van der Waals surface area contributed by atoms with Crippen molar-refractivity contribution in [1.29, 1.82) is 0 Å². The summed E-state index contributed by atoms with van der Waals surface area (Å²) >= 11 is 3.41. The summed E-state index contributed by atoms with van der Waals surface area (Å²) in [6.07, 6.45) is 1.58. The van der Waals surface area contributed by atoms with Crippen LogP contribution in [0.15, 0.2) is 79.5 Å². The molecule has 1 aliphatic carbocycles. The normalized spacial score (nSPS) is 13.5. The van der Waals surface area contributed by atoms with Crippen LogP contribution in [0.5, 0.6) is 0 Å². The molecule has 156 valence electrons. The van der Waals surface area contributed by atoms with E-state index in [1.54, 1.807) is 19.2 Å². The number of halogens is 1. The molecule has 0 atom stereocenters. The summed E-state index contributed by atoms with van der Waals surface area (Å²) in [7, 11) is 1.61. The minimum absolute atomic E-state index is 0.114. The molecule has 4 aromatic rings. The molecule has 0 amide bonds. The maximum absolute atomic E-state index is 13.5. The third-order valence-electron chi connectivity index (χ3n) is 5.52. The molecule has 0 spiro atoms. The molecular formula is C23H19BrN4O3. The maximum Gasteiger partial charge on any atom is 0.336 e. The molecule has 0 saturated heterocycles. The Bertz CT molecular complexity index is 1480. The van der Waals surface area contributed by atoms with Crippen molar-refractivity contribution in [2.75, 3.05) is 5.32 Å². The first-order valence-electron chi connectivity index (χ1n) is 9.95. The zero-order chi connectivity index (χ0) is 21.7. The molecule has 31 heavy (non-hydrogen) atoms. The number of nitrogens with one attached hydrogen (secondary N) is 1. The van der Waals surface area contributed by atoms with Gasteiger partial charge in [0.05, 0.1) is 11.2 Å². The van der Waals surface area contributed by atoms with Crippen LogP contribution in [0.3, 0.4) is 0 Å². The van der Waals surface area contributed by atoms with E-state index in [1.165, 1.54) is 19.8 Å². The first kappa shape index (κ1) is 19.6. The Balaban J connectivity index is 1.90. The topological polar surface area (TPSA) is 78.0 Å². The van der Waals surface area contributed by atoms with Crippen LogP contribution in [0.2, 0.25) is 0 Å². The zero-order valence-electron chi connectivity index (χ0n) is 16.7. The summed E-state index contributed by atoms with van der Waals surface area (Å²) in [5.41, 5.74) is 0.495. The predicted octanol–water partition coefficient (Wildman–Crippen LogP) is 3.69. The lowest BCUT2D eigenvalue weighted by Gasteiger charge is -2.18. The van der Waals surface area contributed by atoms with Gasteiger partial charge in [0, 0.05) is 29.3 Å². The first-order valence-corrected chi connectivity index (χ1v) is 10.7. The summed E-state index contributed by atoms with van der Waals surface area (Å²) in [5, 5.41) is 3.53. The van der Waals surface area contributed by atoms with Gasteiger partial charge in [0.2, 0.25) is 0 Å². The Kier molecular flexibility index (Phi) is 4.66. The molecule has 1 fully saturated rings. The quantitative estimate of drug-likeness (QED) is 0.485. The first-order chi connectivity index (χ1) is 15.0. The van der Waals surface area contributed by atoms with Crippen LogP contribution in [0.25, 0.3) is 16.6 Å². The number of nitrogens with zero attached hydrogens (tertiary/aromatic N) is 3. The minimum Gasteiger partial charge on any atom is -0.341 e. The van der Waals surface area contributed by atoms with Gasteiger partial charge in [-0.1, -0.05) is 34.1 Å². The molecule has 5 rings (SSSR count). The van der Waals surface area contributed by atoms with Gasteiger partial charge >= 0.3 is 5.69 Å². The summed E-state index contributed by atoms with van der Waals surface area (Å²) < 4.78 is 5.11. The second-order valence-electron chi connectivity index (χ2n) is 7.64. The number of rotatable bonds is 4. The van der Waals surface area contributed by atoms with Crippen molar-refractivity contribution in [2.45, 2.75) is 18.9 Å². The van der Waals surface area contributed by atoms with Crippen LogP contribution in [0.1, 0.15) is 18.9 Å². The fourth-order valence-electron chi connectivity index (χ4n) is 3.79. The highest BCUT2D eigenvalue weighted by atomic mass is 79.9.